The smallest absolute Gasteiger partial charge is 0.225 e. The third-order valence-corrected chi connectivity index (χ3v) is 4.33. The highest BCUT2D eigenvalue weighted by Crippen LogP contribution is 2.28. The lowest BCUT2D eigenvalue weighted by Gasteiger charge is -2.37. The highest BCUT2D eigenvalue weighted by atomic mass is 16.2. The number of rotatable bonds is 2. The quantitative estimate of drug-likeness (QED) is 0.777. The Balaban J connectivity index is 1.91. The summed E-state index contributed by atoms with van der Waals surface area (Å²) in [5.74, 6) is 1.24. The molecule has 92 valence electrons. The fourth-order valence-electron chi connectivity index (χ4n) is 3.11. The number of hydrogen-bond donors (Lipinski definition) is 1. The van der Waals surface area contributed by atoms with Crippen LogP contribution in [0.5, 0.6) is 0 Å². The summed E-state index contributed by atoms with van der Waals surface area (Å²) in [4.78, 5) is 14.3. The first-order valence-corrected chi connectivity index (χ1v) is 6.76. The van der Waals surface area contributed by atoms with Crippen LogP contribution in [0.15, 0.2) is 0 Å². The van der Waals surface area contributed by atoms with Crippen molar-refractivity contribution in [2.45, 2.75) is 51.5 Å². The molecule has 2 rings (SSSR count). The van der Waals surface area contributed by atoms with E-state index in [1.165, 1.54) is 12.8 Å². The van der Waals surface area contributed by atoms with Gasteiger partial charge < -0.3 is 10.6 Å². The van der Waals surface area contributed by atoms with Crippen molar-refractivity contribution in [1.29, 1.82) is 0 Å². The largest absolute Gasteiger partial charge is 0.342 e. The second-order valence-electron chi connectivity index (χ2n) is 5.39. The van der Waals surface area contributed by atoms with E-state index >= 15 is 0 Å². The second kappa shape index (κ2) is 5.17. The number of carbonyl (C=O) groups excluding carboxylic acids is 1. The van der Waals surface area contributed by atoms with Crippen LogP contribution in [0.25, 0.3) is 0 Å². The Kier molecular flexibility index (Phi) is 3.85. The van der Waals surface area contributed by atoms with Crippen LogP contribution in [0.1, 0.15) is 45.4 Å². The molecule has 3 heteroatoms. The molecule has 2 N–H and O–H groups in total. The number of likely N-dealkylation sites (tertiary alicyclic amines) is 1. The minimum Gasteiger partial charge on any atom is -0.342 e. The highest BCUT2D eigenvalue weighted by Gasteiger charge is 2.32. The maximum absolute atomic E-state index is 12.3. The van der Waals surface area contributed by atoms with E-state index < -0.39 is 0 Å². The number of nitrogens with two attached hydrogens (primary N) is 1. The van der Waals surface area contributed by atoms with Crippen LogP contribution in [0.4, 0.5) is 0 Å². The van der Waals surface area contributed by atoms with Crippen molar-refractivity contribution in [3.63, 3.8) is 0 Å². The lowest BCUT2D eigenvalue weighted by Crippen LogP contribution is -2.50. The topological polar surface area (TPSA) is 46.3 Å². The Bertz CT molecular complexity index is 248. The van der Waals surface area contributed by atoms with E-state index in [1.807, 2.05) is 0 Å². The second-order valence-corrected chi connectivity index (χ2v) is 5.39. The van der Waals surface area contributed by atoms with Gasteiger partial charge in [0.05, 0.1) is 0 Å². The summed E-state index contributed by atoms with van der Waals surface area (Å²) in [5, 5.41) is 0. The zero-order valence-electron chi connectivity index (χ0n) is 10.3. The normalized spacial score (nSPS) is 32.0. The first kappa shape index (κ1) is 11.9. The van der Waals surface area contributed by atoms with Crippen molar-refractivity contribution >= 4 is 5.91 Å². The highest BCUT2D eigenvalue weighted by molar-refractivity contribution is 5.79. The molecular weight excluding hydrogens is 200 g/mol. The molecule has 1 aliphatic heterocycles. The first-order valence-electron chi connectivity index (χ1n) is 6.76. The van der Waals surface area contributed by atoms with E-state index in [4.69, 9.17) is 5.73 Å². The molecule has 0 radical (unpaired) electrons. The van der Waals surface area contributed by atoms with Crippen molar-refractivity contribution in [3.05, 3.63) is 0 Å². The Morgan fingerprint density at radius 2 is 2.00 bits per heavy atom. The molecule has 2 unspecified atom stereocenters. The maximum atomic E-state index is 12.3. The van der Waals surface area contributed by atoms with Crippen LogP contribution in [-0.2, 0) is 4.79 Å². The average molecular weight is 224 g/mol. The molecule has 1 saturated heterocycles. The van der Waals surface area contributed by atoms with Gasteiger partial charge in [0, 0.05) is 25.0 Å². The van der Waals surface area contributed by atoms with Crippen LogP contribution in [-0.4, -0.2) is 29.9 Å². The van der Waals surface area contributed by atoms with Crippen molar-refractivity contribution in [3.8, 4) is 0 Å². The first-order chi connectivity index (χ1) is 7.72. The van der Waals surface area contributed by atoms with Gasteiger partial charge in [0.15, 0.2) is 0 Å². The summed E-state index contributed by atoms with van der Waals surface area (Å²) in [6, 6.07) is 0.303. The average Bonchev–Trinajstić information content (AvgIpc) is 2.82. The van der Waals surface area contributed by atoms with Crippen molar-refractivity contribution in [1.82, 2.24) is 4.90 Å². The van der Waals surface area contributed by atoms with Gasteiger partial charge >= 0.3 is 0 Å². The fourth-order valence-corrected chi connectivity index (χ4v) is 3.11. The molecule has 2 fully saturated rings. The molecule has 3 nitrogen and oxygen atoms in total. The molecule has 0 aromatic carbocycles. The van der Waals surface area contributed by atoms with E-state index in [-0.39, 0.29) is 0 Å². The van der Waals surface area contributed by atoms with Crippen molar-refractivity contribution < 1.29 is 4.79 Å². The number of amides is 1. The Morgan fingerprint density at radius 3 is 2.62 bits per heavy atom. The number of hydrogen-bond acceptors (Lipinski definition) is 2. The monoisotopic (exact) mass is 224 g/mol. The summed E-state index contributed by atoms with van der Waals surface area (Å²) in [5.41, 5.74) is 6.07. The minimum atomic E-state index is 0.303. The van der Waals surface area contributed by atoms with Gasteiger partial charge in [-0.3, -0.25) is 4.79 Å². The van der Waals surface area contributed by atoms with Crippen LogP contribution in [0, 0.1) is 11.8 Å². The molecule has 2 aliphatic rings. The van der Waals surface area contributed by atoms with E-state index in [2.05, 4.69) is 11.8 Å². The van der Waals surface area contributed by atoms with E-state index in [0.29, 0.717) is 23.8 Å². The molecule has 16 heavy (non-hydrogen) atoms. The van der Waals surface area contributed by atoms with Crippen LogP contribution in [0.2, 0.25) is 0 Å². The van der Waals surface area contributed by atoms with E-state index in [1.54, 1.807) is 0 Å². The molecule has 0 spiro atoms. The molecule has 1 aliphatic carbocycles. The molecule has 1 heterocycles. The van der Waals surface area contributed by atoms with Gasteiger partial charge in [-0.25, -0.2) is 0 Å². The Labute approximate surface area is 98.4 Å². The summed E-state index contributed by atoms with van der Waals surface area (Å²) in [6.07, 6.45) is 6.77. The summed E-state index contributed by atoms with van der Waals surface area (Å²) in [7, 11) is 0. The zero-order valence-corrected chi connectivity index (χ0v) is 10.3. The summed E-state index contributed by atoms with van der Waals surface area (Å²) < 4.78 is 0. The molecule has 2 atom stereocenters. The molecule has 0 aromatic heterocycles. The van der Waals surface area contributed by atoms with Gasteiger partial charge in [-0.05, 0) is 25.2 Å². The van der Waals surface area contributed by atoms with Crippen molar-refractivity contribution in [2.75, 3.05) is 13.1 Å². The third kappa shape index (κ3) is 2.40. The van der Waals surface area contributed by atoms with Crippen LogP contribution in [0.3, 0.4) is 0 Å². The Morgan fingerprint density at radius 1 is 1.31 bits per heavy atom. The SMILES string of the molecule is CCC1CN(C(=O)C2CCCC2)CCC1N. The minimum absolute atomic E-state index is 0.303. The maximum Gasteiger partial charge on any atom is 0.225 e. The Hall–Kier alpha value is -0.570. The summed E-state index contributed by atoms with van der Waals surface area (Å²) >= 11 is 0. The van der Waals surface area contributed by atoms with Gasteiger partial charge in [0.2, 0.25) is 5.91 Å². The molecular formula is C13H24N2O. The van der Waals surface area contributed by atoms with Crippen LogP contribution < -0.4 is 5.73 Å². The number of carbonyl (C=O) groups is 1. The zero-order chi connectivity index (χ0) is 11.5. The predicted molar refractivity (Wildman–Crippen MR) is 64.9 cm³/mol. The summed E-state index contributed by atoms with van der Waals surface area (Å²) in [6.45, 7) is 3.95. The lowest BCUT2D eigenvalue weighted by molar-refractivity contribution is -0.137. The van der Waals surface area contributed by atoms with Crippen molar-refractivity contribution in [2.24, 2.45) is 17.6 Å². The van der Waals surface area contributed by atoms with Gasteiger partial charge in [0.1, 0.15) is 0 Å². The molecule has 0 aromatic rings. The number of piperidine rings is 1. The standard InChI is InChI=1S/C13H24N2O/c1-2-10-9-15(8-7-12(10)14)13(16)11-5-3-4-6-11/h10-12H,2-9,14H2,1H3. The third-order valence-electron chi connectivity index (χ3n) is 4.33. The van der Waals surface area contributed by atoms with E-state index in [9.17, 15) is 4.79 Å². The molecule has 1 saturated carbocycles. The predicted octanol–water partition coefficient (Wildman–Crippen LogP) is 1.76. The lowest BCUT2D eigenvalue weighted by atomic mass is 9.90. The van der Waals surface area contributed by atoms with Gasteiger partial charge in [0.25, 0.3) is 0 Å². The van der Waals surface area contributed by atoms with Gasteiger partial charge in [-0.1, -0.05) is 26.2 Å². The van der Waals surface area contributed by atoms with Gasteiger partial charge in [-0.2, -0.15) is 0 Å². The fraction of sp³-hybridized carbons (Fsp3) is 0.923. The number of nitrogens with zero attached hydrogens (tertiary/aromatic N) is 1. The van der Waals surface area contributed by atoms with Gasteiger partial charge in [-0.15, -0.1) is 0 Å². The van der Waals surface area contributed by atoms with Crippen LogP contribution >= 0.6 is 0 Å². The van der Waals surface area contributed by atoms with E-state index in [0.717, 1.165) is 38.8 Å². The molecule has 0 bridgehead atoms. The molecule has 1 amide bonds.